The van der Waals surface area contributed by atoms with E-state index in [2.05, 4.69) is 0 Å². The van der Waals surface area contributed by atoms with Crippen molar-refractivity contribution in [3.63, 3.8) is 0 Å². The summed E-state index contributed by atoms with van der Waals surface area (Å²) in [5.74, 6) is -0.678. The first kappa shape index (κ1) is 21.0. The number of ketones is 1. The van der Waals surface area contributed by atoms with Crippen molar-refractivity contribution in [2.24, 2.45) is 0 Å². The largest absolute Gasteiger partial charge is 0.375 e. The fourth-order valence-corrected chi connectivity index (χ4v) is 4.65. The molecule has 0 fully saturated rings. The lowest BCUT2D eigenvalue weighted by atomic mass is 9.85. The summed E-state index contributed by atoms with van der Waals surface area (Å²) in [6.07, 6.45) is -0.280. The highest BCUT2D eigenvalue weighted by molar-refractivity contribution is 6.11. The van der Waals surface area contributed by atoms with E-state index >= 15 is 0 Å². The summed E-state index contributed by atoms with van der Waals surface area (Å²) in [6, 6.07) is 19.1. The summed E-state index contributed by atoms with van der Waals surface area (Å²) in [4.78, 5) is 28.3. The van der Waals surface area contributed by atoms with Gasteiger partial charge in [0.1, 0.15) is 0 Å². The van der Waals surface area contributed by atoms with E-state index in [-0.39, 0.29) is 12.2 Å². The lowest BCUT2D eigenvalue weighted by Gasteiger charge is -2.23. The molecule has 0 aliphatic carbocycles. The van der Waals surface area contributed by atoms with Crippen LogP contribution in [-0.4, -0.2) is 16.8 Å². The van der Waals surface area contributed by atoms with Crippen molar-refractivity contribution in [3.8, 4) is 0 Å². The molecule has 4 heteroatoms. The van der Waals surface area contributed by atoms with Crippen LogP contribution in [0.15, 0.2) is 60.7 Å². The maximum absolute atomic E-state index is 13.5. The molecule has 1 N–H and O–H groups in total. The van der Waals surface area contributed by atoms with Crippen molar-refractivity contribution < 1.29 is 14.7 Å². The molecule has 0 bridgehead atoms. The monoisotopic (exact) mass is 413 g/mol. The van der Waals surface area contributed by atoms with Crippen LogP contribution >= 0.6 is 0 Å². The number of fused-ring (bicyclic) bond motifs is 1. The van der Waals surface area contributed by atoms with Gasteiger partial charge in [0, 0.05) is 11.1 Å². The molecule has 1 heterocycles. The highest BCUT2D eigenvalue weighted by Crippen LogP contribution is 2.43. The molecule has 0 saturated carbocycles. The van der Waals surface area contributed by atoms with Crippen molar-refractivity contribution in [1.82, 2.24) is 0 Å². The zero-order valence-electron chi connectivity index (χ0n) is 18.4. The van der Waals surface area contributed by atoms with Crippen molar-refractivity contribution in [3.05, 3.63) is 99.6 Å². The summed E-state index contributed by atoms with van der Waals surface area (Å²) in [5, 5.41) is 11.6. The zero-order valence-corrected chi connectivity index (χ0v) is 18.4. The first-order valence-electron chi connectivity index (χ1n) is 10.5. The van der Waals surface area contributed by atoms with Gasteiger partial charge in [-0.3, -0.25) is 9.59 Å². The van der Waals surface area contributed by atoms with Gasteiger partial charge < -0.3 is 10.0 Å². The Bertz CT molecular complexity index is 1160. The third-order valence-corrected chi connectivity index (χ3v) is 6.07. The van der Waals surface area contributed by atoms with E-state index in [1.807, 2.05) is 76.2 Å². The van der Waals surface area contributed by atoms with E-state index in [9.17, 15) is 14.7 Å². The first-order valence-corrected chi connectivity index (χ1v) is 10.5. The Hall–Kier alpha value is -3.24. The van der Waals surface area contributed by atoms with E-state index in [1.165, 1.54) is 0 Å². The summed E-state index contributed by atoms with van der Waals surface area (Å²) in [6.45, 7) is 8.13. The fourth-order valence-electron chi connectivity index (χ4n) is 4.65. The Labute approximate surface area is 183 Å². The Balaban J connectivity index is 1.70. The molecule has 0 radical (unpaired) electrons. The molecule has 4 rings (SSSR count). The number of anilines is 1. The second-order valence-corrected chi connectivity index (χ2v) is 8.63. The average molecular weight is 414 g/mol. The molecule has 0 unspecified atom stereocenters. The molecule has 1 amide bonds. The van der Waals surface area contributed by atoms with Crippen LogP contribution in [0.1, 0.15) is 50.2 Å². The molecule has 0 spiro atoms. The van der Waals surface area contributed by atoms with Gasteiger partial charge in [-0.25, -0.2) is 0 Å². The lowest BCUT2D eigenvalue weighted by Crippen LogP contribution is -2.41. The van der Waals surface area contributed by atoms with Crippen LogP contribution in [0, 0.1) is 27.7 Å². The summed E-state index contributed by atoms with van der Waals surface area (Å²) in [7, 11) is 0. The molecule has 3 aromatic rings. The molecular formula is C27H27NO3. The number of hydrogen-bond acceptors (Lipinski definition) is 3. The molecule has 3 aromatic carbocycles. The van der Waals surface area contributed by atoms with E-state index < -0.39 is 11.5 Å². The third kappa shape index (κ3) is 3.68. The molecule has 1 aliphatic heterocycles. The van der Waals surface area contributed by atoms with Crippen LogP contribution < -0.4 is 4.90 Å². The summed E-state index contributed by atoms with van der Waals surface area (Å²) in [5.41, 5.74) is 4.77. The minimum atomic E-state index is -1.87. The molecular weight excluding hydrogens is 386 g/mol. The lowest BCUT2D eigenvalue weighted by molar-refractivity contribution is -0.136. The van der Waals surface area contributed by atoms with Crippen LogP contribution in [0.25, 0.3) is 0 Å². The predicted octanol–water partition coefficient (Wildman–Crippen LogP) is 4.93. The third-order valence-electron chi connectivity index (χ3n) is 6.07. The van der Waals surface area contributed by atoms with Crippen molar-refractivity contribution in [2.75, 3.05) is 4.90 Å². The van der Waals surface area contributed by atoms with Gasteiger partial charge in [0.05, 0.1) is 18.7 Å². The van der Waals surface area contributed by atoms with Gasteiger partial charge >= 0.3 is 0 Å². The Kier molecular flexibility index (Phi) is 5.28. The number of aryl methyl sites for hydroxylation is 4. The van der Waals surface area contributed by atoms with E-state index in [1.54, 1.807) is 17.0 Å². The first-order chi connectivity index (χ1) is 14.7. The number of amides is 1. The zero-order chi connectivity index (χ0) is 22.3. The van der Waals surface area contributed by atoms with Crippen molar-refractivity contribution >= 4 is 17.4 Å². The van der Waals surface area contributed by atoms with Gasteiger partial charge in [-0.15, -0.1) is 0 Å². The van der Waals surface area contributed by atoms with Gasteiger partial charge in [0.25, 0.3) is 5.91 Å². The molecule has 31 heavy (non-hydrogen) atoms. The fraction of sp³-hybridized carbons (Fsp3) is 0.259. The number of para-hydroxylation sites is 1. The maximum atomic E-state index is 13.5. The topological polar surface area (TPSA) is 57.6 Å². The number of Topliss-reactive ketones (excluding diaryl/α,β-unsaturated/α-hetero) is 1. The number of hydrogen-bond donors (Lipinski definition) is 1. The SMILES string of the molecule is Cc1ccc(CN2C(=O)[C@@](O)(CC(=O)c3c(C)cc(C)cc3C)c3ccccc32)cc1. The Morgan fingerprint density at radius 2 is 1.52 bits per heavy atom. The van der Waals surface area contributed by atoms with Crippen LogP contribution in [0.4, 0.5) is 5.69 Å². The Morgan fingerprint density at radius 3 is 2.16 bits per heavy atom. The number of nitrogens with zero attached hydrogens (tertiary/aromatic N) is 1. The number of carbonyl (C=O) groups is 2. The minimum Gasteiger partial charge on any atom is -0.375 e. The smallest absolute Gasteiger partial charge is 0.264 e. The van der Waals surface area contributed by atoms with E-state index in [4.69, 9.17) is 0 Å². The summed E-state index contributed by atoms with van der Waals surface area (Å²) >= 11 is 0. The highest BCUT2D eigenvalue weighted by Gasteiger charge is 2.50. The maximum Gasteiger partial charge on any atom is 0.264 e. The van der Waals surface area contributed by atoms with Crippen molar-refractivity contribution in [2.45, 2.75) is 46.3 Å². The highest BCUT2D eigenvalue weighted by atomic mass is 16.3. The van der Waals surface area contributed by atoms with E-state index in [0.29, 0.717) is 23.4 Å². The van der Waals surface area contributed by atoms with Gasteiger partial charge in [0.2, 0.25) is 0 Å². The molecule has 1 aliphatic rings. The molecule has 0 aromatic heterocycles. The number of carbonyl (C=O) groups excluding carboxylic acids is 2. The predicted molar refractivity (Wildman–Crippen MR) is 122 cm³/mol. The summed E-state index contributed by atoms with van der Waals surface area (Å²) < 4.78 is 0. The minimum absolute atomic E-state index is 0.224. The van der Waals surface area contributed by atoms with Crippen molar-refractivity contribution in [1.29, 1.82) is 0 Å². The quantitative estimate of drug-likeness (QED) is 0.604. The van der Waals surface area contributed by atoms with Crippen LogP contribution in [0.5, 0.6) is 0 Å². The second kappa shape index (κ2) is 7.78. The molecule has 0 saturated heterocycles. The van der Waals surface area contributed by atoms with Gasteiger partial charge in [-0.1, -0.05) is 65.7 Å². The molecule has 4 nitrogen and oxygen atoms in total. The molecule has 1 atom stereocenters. The Morgan fingerprint density at radius 1 is 0.903 bits per heavy atom. The average Bonchev–Trinajstić information content (AvgIpc) is 2.91. The van der Waals surface area contributed by atoms with Crippen LogP contribution in [0.3, 0.4) is 0 Å². The number of aliphatic hydroxyl groups is 1. The van der Waals surface area contributed by atoms with Gasteiger partial charge in [-0.05, 0) is 50.5 Å². The molecule has 158 valence electrons. The van der Waals surface area contributed by atoms with Crippen LogP contribution in [-0.2, 0) is 16.9 Å². The number of rotatable bonds is 5. The van der Waals surface area contributed by atoms with Gasteiger partial charge in [0.15, 0.2) is 11.4 Å². The van der Waals surface area contributed by atoms with Crippen LogP contribution in [0.2, 0.25) is 0 Å². The van der Waals surface area contributed by atoms with E-state index in [0.717, 1.165) is 27.8 Å². The standard InChI is InChI=1S/C27H27NO3/c1-17-9-11-21(12-10-17)16-28-23-8-6-5-7-22(23)27(31,26(28)30)15-24(29)25-19(3)13-18(2)14-20(25)4/h5-14,31H,15-16H2,1-4H3/t27-/m1/s1. The number of benzene rings is 3. The second-order valence-electron chi connectivity index (χ2n) is 8.63. The van der Waals surface area contributed by atoms with Gasteiger partial charge in [-0.2, -0.15) is 0 Å². The normalized spacial score (nSPS) is 17.7.